The molecular formula is C12H15ClO4S2. The highest BCUT2D eigenvalue weighted by atomic mass is 35.5. The van der Waals surface area contributed by atoms with E-state index in [0.717, 1.165) is 24.2 Å². The van der Waals surface area contributed by atoms with Gasteiger partial charge in [0.1, 0.15) is 5.25 Å². The third kappa shape index (κ3) is 3.56. The van der Waals surface area contributed by atoms with Crippen molar-refractivity contribution in [2.24, 2.45) is 0 Å². The SMILES string of the molecule is CC(C(=O)c1ccc(Cl)s1)S(=O)(=O)CC1CCCO1. The average Bonchev–Trinajstić information content (AvgIpc) is 2.98. The predicted molar refractivity (Wildman–Crippen MR) is 75.9 cm³/mol. The van der Waals surface area contributed by atoms with Gasteiger partial charge in [-0.3, -0.25) is 4.79 Å². The maximum atomic E-state index is 12.2. The van der Waals surface area contributed by atoms with Gasteiger partial charge in [-0.25, -0.2) is 8.42 Å². The van der Waals surface area contributed by atoms with Gasteiger partial charge < -0.3 is 4.74 Å². The third-order valence-electron chi connectivity index (χ3n) is 3.17. The molecule has 0 aliphatic carbocycles. The van der Waals surface area contributed by atoms with Crippen molar-refractivity contribution in [3.05, 3.63) is 21.3 Å². The molecule has 4 nitrogen and oxygen atoms in total. The molecule has 1 aliphatic heterocycles. The lowest BCUT2D eigenvalue weighted by atomic mass is 10.2. The van der Waals surface area contributed by atoms with E-state index in [4.69, 9.17) is 16.3 Å². The van der Waals surface area contributed by atoms with Crippen LogP contribution in [0.5, 0.6) is 0 Å². The molecule has 1 aromatic heterocycles. The molecule has 1 aromatic rings. The smallest absolute Gasteiger partial charge is 0.190 e. The summed E-state index contributed by atoms with van der Waals surface area (Å²) in [5.74, 6) is -0.478. The number of hydrogen-bond acceptors (Lipinski definition) is 5. The Morgan fingerprint density at radius 1 is 1.58 bits per heavy atom. The van der Waals surface area contributed by atoms with Crippen molar-refractivity contribution in [1.82, 2.24) is 0 Å². The number of thiophene rings is 1. The van der Waals surface area contributed by atoms with E-state index in [1.807, 2.05) is 0 Å². The Bertz CT molecular complexity index is 558. The molecule has 0 amide bonds. The Morgan fingerprint density at radius 3 is 2.84 bits per heavy atom. The van der Waals surface area contributed by atoms with E-state index in [-0.39, 0.29) is 11.9 Å². The standard InChI is InChI=1S/C12H15ClO4S2/c1-8(12(14)10-4-5-11(13)18-10)19(15,16)7-9-3-2-6-17-9/h4-5,8-9H,2-3,6-7H2,1H3. The molecule has 19 heavy (non-hydrogen) atoms. The first-order valence-corrected chi connectivity index (χ1v) is 8.94. The van der Waals surface area contributed by atoms with Crippen molar-refractivity contribution in [2.45, 2.75) is 31.1 Å². The third-order valence-corrected chi connectivity index (χ3v) is 6.54. The Balaban J connectivity index is 2.08. The number of Topliss-reactive ketones (excluding diaryl/α,β-unsaturated/α-hetero) is 1. The average molecular weight is 323 g/mol. The van der Waals surface area contributed by atoms with Gasteiger partial charge in [-0.15, -0.1) is 11.3 Å². The van der Waals surface area contributed by atoms with Crippen molar-refractivity contribution < 1.29 is 17.9 Å². The predicted octanol–water partition coefficient (Wildman–Crippen LogP) is 2.57. The maximum Gasteiger partial charge on any atom is 0.190 e. The molecule has 2 rings (SSSR count). The molecular weight excluding hydrogens is 308 g/mol. The zero-order valence-corrected chi connectivity index (χ0v) is 12.9. The molecule has 1 aliphatic rings. The summed E-state index contributed by atoms with van der Waals surface area (Å²) in [4.78, 5) is 12.5. The second-order valence-corrected chi connectivity index (χ2v) is 8.66. The molecule has 106 valence electrons. The van der Waals surface area contributed by atoms with Gasteiger partial charge in [0.2, 0.25) is 0 Å². The van der Waals surface area contributed by atoms with E-state index in [9.17, 15) is 13.2 Å². The minimum Gasteiger partial charge on any atom is -0.377 e. The summed E-state index contributed by atoms with van der Waals surface area (Å²) in [7, 11) is -3.49. The van der Waals surface area contributed by atoms with Gasteiger partial charge in [0.25, 0.3) is 0 Å². The molecule has 0 bridgehead atoms. The normalized spacial score (nSPS) is 21.5. The van der Waals surface area contributed by atoms with Crippen molar-refractivity contribution in [3.63, 3.8) is 0 Å². The molecule has 0 aromatic carbocycles. The van der Waals surface area contributed by atoms with Crippen molar-refractivity contribution in [1.29, 1.82) is 0 Å². The van der Waals surface area contributed by atoms with Gasteiger partial charge >= 0.3 is 0 Å². The lowest BCUT2D eigenvalue weighted by Gasteiger charge is -2.14. The first-order chi connectivity index (χ1) is 8.90. The number of carbonyl (C=O) groups excluding carboxylic acids is 1. The van der Waals surface area contributed by atoms with Crippen LogP contribution in [0.3, 0.4) is 0 Å². The monoisotopic (exact) mass is 322 g/mol. The zero-order chi connectivity index (χ0) is 14.0. The first-order valence-electron chi connectivity index (χ1n) is 6.03. The molecule has 0 spiro atoms. The van der Waals surface area contributed by atoms with Gasteiger partial charge in [-0.1, -0.05) is 11.6 Å². The Labute approximate surface area is 121 Å². The van der Waals surface area contributed by atoms with Crippen LogP contribution in [0.15, 0.2) is 12.1 Å². The van der Waals surface area contributed by atoms with Crippen LogP contribution in [0.2, 0.25) is 4.34 Å². The van der Waals surface area contributed by atoms with E-state index in [2.05, 4.69) is 0 Å². The van der Waals surface area contributed by atoms with E-state index in [1.165, 1.54) is 6.92 Å². The van der Waals surface area contributed by atoms with E-state index in [1.54, 1.807) is 12.1 Å². The number of hydrogen-bond donors (Lipinski definition) is 0. The van der Waals surface area contributed by atoms with Gasteiger partial charge in [0.05, 0.1) is 21.1 Å². The van der Waals surface area contributed by atoms with Gasteiger partial charge in [0.15, 0.2) is 15.6 Å². The summed E-state index contributed by atoms with van der Waals surface area (Å²) in [6.45, 7) is 2.03. The molecule has 2 unspecified atom stereocenters. The topological polar surface area (TPSA) is 60.4 Å². The lowest BCUT2D eigenvalue weighted by Crippen LogP contribution is -2.33. The molecule has 2 atom stereocenters. The summed E-state index contributed by atoms with van der Waals surface area (Å²) in [6, 6.07) is 3.16. The second kappa shape index (κ2) is 5.91. The molecule has 0 radical (unpaired) electrons. The highest BCUT2D eigenvalue weighted by Gasteiger charge is 2.33. The fourth-order valence-electron chi connectivity index (χ4n) is 1.99. The summed E-state index contributed by atoms with van der Waals surface area (Å²) < 4.78 is 30.2. The quantitative estimate of drug-likeness (QED) is 0.782. The minimum absolute atomic E-state index is 0.0843. The summed E-state index contributed by atoms with van der Waals surface area (Å²) in [5.41, 5.74) is 0. The fourth-order valence-corrected chi connectivity index (χ4v) is 4.66. The fraction of sp³-hybridized carbons (Fsp3) is 0.583. The first kappa shape index (κ1) is 15.0. The molecule has 0 saturated carbocycles. The number of ketones is 1. The Morgan fingerprint density at radius 2 is 2.32 bits per heavy atom. The van der Waals surface area contributed by atoms with Crippen molar-refractivity contribution in [2.75, 3.05) is 12.4 Å². The van der Waals surface area contributed by atoms with Gasteiger partial charge in [0, 0.05) is 6.61 Å². The number of halogens is 1. The van der Waals surface area contributed by atoms with Crippen LogP contribution in [0, 0.1) is 0 Å². The van der Waals surface area contributed by atoms with Crippen molar-refractivity contribution >= 4 is 38.6 Å². The van der Waals surface area contributed by atoms with Crippen molar-refractivity contribution in [3.8, 4) is 0 Å². The van der Waals surface area contributed by atoms with Gasteiger partial charge in [-0.2, -0.15) is 0 Å². The van der Waals surface area contributed by atoms with E-state index < -0.39 is 20.9 Å². The number of sulfone groups is 1. The Hall–Kier alpha value is -0.430. The highest BCUT2D eigenvalue weighted by molar-refractivity contribution is 7.92. The summed E-state index contributed by atoms with van der Waals surface area (Å²) in [5, 5.41) is -1.05. The molecule has 1 saturated heterocycles. The van der Waals surface area contributed by atoms with Crippen LogP contribution >= 0.6 is 22.9 Å². The molecule has 7 heteroatoms. The number of carbonyl (C=O) groups is 1. The van der Waals surface area contributed by atoms with E-state index in [0.29, 0.717) is 15.8 Å². The molecule has 2 heterocycles. The zero-order valence-electron chi connectivity index (χ0n) is 10.5. The van der Waals surface area contributed by atoms with E-state index >= 15 is 0 Å². The Kier molecular flexibility index (Phi) is 4.66. The van der Waals surface area contributed by atoms with Crippen LogP contribution in [-0.2, 0) is 14.6 Å². The molecule has 0 N–H and O–H groups in total. The van der Waals surface area contributed by atoms with Crippen LogP contribution in [0.4, 0.5) is 0 Å². The van der Waals surface area contributed by atoms with Crippen LogP contribution in [0.25, 0.3) is 0 Å². The van der Waals surface area contributed by atoms with Crippen LogP contribution < -0.4 is 0 Å². The highest BCUT2D eigenvalue weighted by Crippen LogP contribution is 2.25. The minimum atomic E-state index is -3.49. The van der Waals surface area contributed by atoms with Crippen LogP contribution in [0.1, 0.15) is 29.4 Å². The molecule has 1 fully saturated rings. The largest absolute Gasteiger partial charge is 0.377 e. The second-order valence-electron chi connectivity index (χ2n) is 4.57. The van der Waals surface area contributed by atoms with Gasteiger partial charge in [-0.05, 0) is 31.9 Å². The summed E-state index contributed by atoms with van der Waals surface area (Å²) >= 11 is 6.86. The maximum absolute atomic E-state index is 12.2. The van der Waals surface area contributed by atoms with Crippen LogP contribution in [-0.4, -0.2) is 37.9 Å². The summed E-state index contributed by atoms with van der Waals surface area (Å²) in [6.07, 6.45) is 1.35. The lowest BCUT2D eigenvalue weighted by molar-refractivity contribution is 0.0994. The number of rotatable bonds is 5. The number of ether oxygens (including phenoxy) is 1.